The zero-order chi connectivity index (χ0) is 17.8. The predicted octanol–water partition coefficient (Wildman–Crippen LogP) is 2.01. The van der Waals surface area contributed by atoms with Gasteiger partial charge in [0.1, 0.15) is 11.9 Å². The second-order valence-corrected chi connectivity index (χ2v) is 7.15. The van der Waals surface area contributed by atoms with E-state index in [0.717, 1.165) is 50.5 Å². The number of carbonyl (C=O) groups is 1. The molecule has 0 bridgehead atoms. The molecule has 138 valence electrons. The van der Waals surface area contributed by atoms with Crippen LogP contribution in [0.5, 0.6) is 5.75 Å². The number of likely N-dealkylation sites (N-methyl/N-ethyl adjacent to an activating group) is 2. The maximum absolute atomic E-state index is 12.5. The summed E-state index contributed by atoms with van der Waals surface area (Å²) in [5.74, 6) is 0.907. The Morgan fingerprint density at radius 1 is 1.32 bits per heavy atom. The Morgan fingerprint density at radius 3 is 2.76 bits per heavy atom. The molecule has 2 heterocycles. The van der Waals surface area contributed by atoms with E-state index in [9.17, 15) is 4.79 Å². The maximum Gasteiger partial charge on any atom is 0.317 e. The van der Waals surface area contributed by atoms with E-state index in [-0.39, 0.29) is 18.2 Å². The number of hydrogen-bond donors (Lipinski definition) is 1. The molecule has 25 heavy (non-hydrogen) atoms. The average Bonchev–Trinajstić information content (AvgIpc) is 2.62. The molecule has 3 rings (SSSR count). The summed E-state index contributed by atoms with van der Waals surface area (Å²) < 4.78 is 6.12. The average molecular weight is 346 g/mol. The van der Waals surface area contributed by atoms with Gasteiger partial charge in [-0.3, -0.25) is 0 Å². The van der Waals surface area contributed by atoms with Gasteiger partial charge in [0, 0.05) is 19.6 Å². The highest BCUT2D eigenvalue weighted by Crippen LogP contribution is 2.32. The van der Waals surface area contributed by atoms with Gasteiger partial charge in [0.2, 0.25) is 0 Å². The third-order valence-corrected chi connectivity index (χ3v) is 5.18. The molecule has 0 aliphatic carbocycles. The lowest BCUT2D eigenvalue weighted by atomic mass is 10.1. The summed E-state index contributed by atoms with van der Waals surface area (Å²) in [6, 6.07) is 8.40. The molecular formula is C19H30N4O2. The van der Waals surface area contributed by atoms with Crippen LogP contribution in [0.4, 0.5) is 10.5 Å². The number of likely N-dealkylation sites (tertiary alicyclic amines) is 1. The van der Waals surface area contributed by atoms with Crippen molar-refractivity contribution in [3.8, 4) is 5.75 Å². The number of urea groups is 1. The van der Waals surface area contributed by atoms with Gasteiger partial charge in [-0.25, -0.2) is 4.79 Å². The van der Waals surface area contributed by atoms with Gasteiger partial charge >= 0.3 is 6.03 Å². The molecule has 1 aromatic carbocycles. The number of benzene rings is 1. The van der Waals surface area contributed by atoms with Gasteiger partial charge in [0.15, 0.2) is 0 Å². The fourth-order valence-corrected chi connectivity index (χ4v) is 3.60. The largest absolute Gasteiger partial charge is 0.485 e. The SMILES string of the molecule is CCN1CC(CN(C)C(=O)NC2CCN(C)CC2)Oc2ccccc21. The standard InChI is InChI=1S/C19H30N4O2/c1-4-23-14-16(25-18-8-6-5-7-17(18)23)13-22(3)19(24)20-15-9-11-21(2)12-10-15/h5-8,15-16H,4,9-14H2,1-3H3,(H,20,24). The molecule has 0 saturated carbocycles. The quantitative estimate of drug-likeness (QED) is 0.906. The molecule has 1 fully saturated rings. The number of nitrogens with zero attached hydrogens (tertiary/aromatic N) is 3. The van der Waals surface area contributed by atoms with Crippen molar-refractivity contribution in [2.45, 2.75) is 31.9 Å². The molecule has 0 aromatic heterocycles. The molecule has 1 N–H and O–H groups in total. The predicted molar refractivity (Wildman–Crippen MR) is 100 cm³/mol. The van der Waals surface area contributed by atoms with Crippen molar-refractivity contribution in [1.29, 1.82) is 0 Å². The van der Waals surface area contributed by atoms with Crippen molar-refractivity contribution in [3.63, 3.8) is 0 Å². The summed E-state index contributed by atoms with van der Waals surface area (Å²) in [5, 5.41) is 3.16. The van der Waals surface area contributed by atoms with Crippen molar-refractivity contribution < 1.29 is 9.53 Å². The van der Waals surface area contributed by atoms with E-state index in [2.05, 4.69) is 35.2 Å². The fourth-order valence-electron chi connectivity index (χ4n) is 3.60. The van der Waals surface area contributed by atoms with E-state index in [1.807, 2.05) is 25.2 Å². The summed E-state index contributed by atoms with van der Waals surface area (Å²) in [6.45, 7) is 6.56. The summed E-state index contributed by atoms with van der Waals surface area (Å²) in [4.78, 5) is 18.9. The highest BCUT2D eigenvalue weighted by Gasteiger charge is 2.27. The number of anilines is 1. The Labute approximate surface area is 150 Å². The van der Waals surface area contributed by atoms with Crippen molar-refractivity contribution in [2.75, 3.05) is 51.7 Å². The molecule has 6 heteroatoms. The fraction of sp³-hybridized carbons (Fsp3) is 0.632. The van der Waals surface area contributed by atoms with Crippen LogP contribution in [0.15, 0.2) is 24.3 Å². The van der Waals surface area contributed by atoms with Crippen LogP contribution < -0.4 is 15.0 Å². The summed E-state index contributed by atoms with van der Waals surface area (Å²) >= 11 is 0. The third kappa shape index (κ3) is 4.37. The Kier molecular flexibility index (Phi) is 5.68. The summed E-state index contributed by atoms with van der Waals surface area (Å²) in [5.41, 5.74) is 1.14. The number of para-hydroxylation sites is 2. The first kappa shape index (κ1) is 17.9. The number of hydrogen-bond acceptors (Lipinski definition) is 4. The first-order chi connectivity index (χ1) is 12.1. The first-order valence-electron chi connectivity index (χ1n) is 9.27. The number of piperidine rings is 1. The van der Waals surface area contributed by atoms with Crippen LogP contribution in [0.1, 0.15) is 19.8 Å². The zero-order valence-electron chi connectivity index (χ0n) is 15.6. The molecule has 2 aliphatic rings. The minimum atomic E-state index is -0.0110. The minimum Gasteiger partial charge on any atom is -0.485 e. The second-order valence-electron chi connectivity index (χ2n) is 7.15. The van der Waals surface area contributed by atoms with Crippen LogP contribution in [0.3, 0.4) is 0 Å². The Hall–Kier alpha value is -1.95. The van der Waals surface area contributed by atoms with Crippen LogP contribution in [0, 0.1) is 0 Å². The first-order valence-corrected chi connectivity index (χ1v) is 9.27. The zero-order valence-corrected chi connectivity index (χ0v) is 15.6. The summed E-state index contributed by atoms with van der Waals surface area (Å²) in [7, 11) is 3.98. The number of amides is 2. The van der Waals surface area contributed by atoms with Crippen molar-refractivity contribution >= 4 is 11.7 Å². The van der Waals surface area contributed by atoms with Crippen molar-refractivity contribution in [1.82, 2.24) is 15.1 Å². The van der Waals surface area contributed by atoms with Gasteiger partial charge in [0.25, 0.3) is 0 Å². The molecule has 0 radical (unpaired) electrons. The molecule has 2 aliphatic heterocycles. The van der Waals surface area contributed by atoms with E-state index in [4.69, 9.17) is 4.74 Å². The molecule has 1 unspecified atom stereocenters. The lowest BCUT2D eigenvalue weighted by molar-refractivity contribution is 0.140. The smallest absolute Gasteiger partial charge is 0.317 e. The van der Waals surface area contributed by atoms with E-state index in [1.54, 1.807) is 4.90 Å². The van der Waals surface area contributed by atoms with Crippen LogP contribution in [-0.4, -0.2) is 74.8 Å². The van der Waals surface area contributed by atoms with Crippen molar-refractivity contribution in [3.05, 3.63) is 24.3 Å². The molecule has 0 spiro atoms. The Balaban J connectivity index is 1.54. The van der Waals surface area contributed by atoms with Crippen LogP contribution in [0.25, 0.3) is 0 Å². The van der Waals surface area contributed by atoms with Crippen LogP contribution >= 0.6 is 0 Å². The lowest BCUT2D eigenvalue weighted by Gasteiger charge is -2.37. The molecule has 1 aromatic rings. The molecule has 6 nitrogen and oxygen atoms in total. The highest BCUT2D eigenvalue weighted by molar-refractivity contribution is 5.74. The maximum atomic E-state index is 12.5. The number of nitrogens with one attached hydrogen (secondary N) is 1. The Morgan fingerprint density at radius 2 is 2.04 bits per heavy atom. The van der Waals surface area contributed by atoms with Gasteiger partial charge in [-0.15, -0.1) is 0 Å². The van der Waals surface area contributed by atoms with E-state index >= 15 is 0 Å². The third-order valence-electron chi connectivity index (χ3n) is 5.18. The number of ether oxygens (including phenoxy) is 1. The Bertz CT molecular complexity index is 587. The normalized spacial score (nSPS) is 21.4. The number of rotatable bonds is 4. The molecule has 2 amide bonds. The topological polar surface area (TPSA) is 48.0 Å². The molecular weight excluding hydrogens is 316 g/mol. The van der Waals surface area contributed by atoms with Gasteiger partial charge in [0.05, 0.1) is 18.8 Å². The van der Waals surface area contributed by atoms with Gasteiger partial charge in [-0.1, -0.05) is 12.1 Å². The van der Waals surface area contributed by atoms with Gasteiger partial charge in [-0.05, 0) is 52.0 Å². The second kappa shape index (κ2) is 7.95. The van der Waals surface area contributed by atoms with E-state index in [0.29, 0.717) is 6.54 Å². The van der Waals surface area contributed by atoms with Crippen LogP contribution in [-0.2, 0) is 0 Å². The number of carbonyl (C=O) groups excluding carboxylic acids is 1. The summed E-state index contributed by atoms with van der Waals surface area (Å²) in [6.07, 6.45) is 2.03. The lowest BCUT2D eigenvalue weighted by Crippen LogP contribution is -2.51. The monoisotopic (exact) mass is 346 g/mol. The van der Waals surface area contributed by atoms with E-state index < -0.39 is 0 Å². The van der Waals surface area contributed by atoms with Crippen molar-refractivity contribution in [2.24, 2.45) is 0 Å². The van der Waals surface area contributed by atoms with Gasteiger partial charge < -0.3 is 24.8 Å². The van der Waals surface area contributed by atoms with E-state index in [1.165, 1.54) is 0 Å². The molecule has 1 saturated heterocycles. The molecule has 1 atom stereocenters. The van der Waals surface area contributed by atoms with Crippen LogP contribution in [0.2, 0.25) is 0 Å². The number of fused-ring (bicyclic) bond motifs is 1. The highest BCUT2D eigenvalue weighted by atomic mass is 16.5. The minimum absolute atomic E-state index is 0.0000557. The van der Waals surface area contributed by atoms with Gasteiger partial charge in [-0.2, -0.15) is 0 Å².